The third-order valence-electron chi connectivity index (χ3n) is 11.4. The first-order chi connectivity index (χ1) is 23.0. The molecule has 2 N–H and O–H groups in total. The van der Waals surface area contributed by atoms with Crippen molar-refractivity contribution in [2.24, 2.45) is 0 Å². The summed E-state index contributed by atoms with van der Waals surface area (Å²) in [5.74, 6) is 1.10. The molecule has 3 aromatic carbocycles. The highest BCUT2D eigenvalue weighted by Crippen LogP contribution is 2.41. The van der Waals surface area contributed by atoms with Crippen LogP contribution >= 0.6 is 0 Å². The highest BCUT2D eigenvalue weighted by atomic mass is 16.5. The zero-order chi connectivity index (χ0) is 31.5. The zero-order valence-corrected chi connectivity index (χ0v) is 26.7. The quantitative estimate of drug-likeness (QED) is 0.294. The molecule has 0 radical (unpaired) electrons. The number of nitrogens with one attached hydrogen (secondary N) is 1. The van der Waals surface area contributed by atoms with Crippen LogP contribution in [0.5, 0.6) is 11.8 Å². The first-order valence-electron chi connectivity index (χ1n) is 17.4. The van der Waals surface area contributed by atoms with Gasteiger partial charge < -0.3 is 29.7 Å². The molecule has 2 bridgehead atoms. The number of urea groups is 1. The number of ether oxygens (including phenoxy) is 2. The van der Waals surface area contributed by atoms with Crippen molar-refractivity contribution in [3.05, 3.63) is 54.6 Å². The van der Waals surface area contributed by atoms with Crippen LogP contribution in [-0.2, 0) is 4.74 Å². The molecule has 6 heterocycles. The molecule has 10 heteroatoms. The predicted molar refractivity (Wildman–Crippen MR) is 181 cm³/mol. The summed E-state index contributed by atoms with van der Waals surface area (Å²) in [5, 5.41) is 16.8. The number of phenolic OH excluding ortho intramolecular Hbond substituents is 1. The third kappa shape index (κ3) is 5.13. The van der Waals surface area contributed by atoms with Crippen LogP contribution in [0.1, 0.15) is 44.9 Å². The molecule has 0 saturated carbocycles. The molecule has 0 spiro atoms. The van der Waals surface area contributed by atoms with E-state index >= 15 is 0 Å². The summed E-state index contributed by atoms with van der Waals surface area (Å²) >= 11 is 0. The van der Waals surface area contributed by atoms with E-state index in [2.05, 4.69) is 44.3 Å². The van der Waals surface area contributed by atoms with Gasteiger partial charge in [-0.1, -0.05) is 30.3 Å². The molecule has 0 aliphatic carbocycles. The van der Waals surface area contributed by atoms with Crippen LogP contribution in [0.2, 0.25) is 0 Å². The van der Waals surface area contributed by atoms with Gasteiger partial charge in [0.15, 0.2) is 0 Å². The number of phenols is 1. The Kier molecular flexibility index (Phi) is 7.12. The average Bonchev–Trinajstić information content (AvgIpc) is 3.87. The van der Waals surface area contributed by atoms with Crippen molar-refractivity contribution < 1.29 is 19.4 Å². The predicted octanol–water partition coefficient (Wildman–Crippen LogP) is 5.31. The summed E-state index contributed by atoms with van der Waals surface area (Å²) < 4.78 is 12.1. The number of rotatable bonds is 6. The highest BCUT2D eigenvalue weighted by Gasteiger charge is 2.46. The monoisotopic (exact) mass is 634 g/mol. The van der Waals surface area contributed by atoms with E-state index < -0.39 is 0 Å². The molecule has 244 valence electrons. The van der Waals surface area contributed by atoms with Crippen LogP contribution in [0.25, 0.3) is 32.8 Å². The van der Waals surface area contributed by atoms with Gasteiger partial charge in [-0.25, -0.2) is 4.79 Å². The molecule has 5 saturated heterocycles. The van der Waals surface area contributed by atoms with E-state index in [1.807, 2.05) is 24.3 Å². The lowest BCUT2D eigenvalue weighted by molar-refractivity contribution is 0.108. The lowest BCUT2D eigenvalue weighted by Crippen LogP contribution is -2.59. The van der Waals surface area contributed by atoms with E-state index in [4.69, 9.17) is 19.4 Å². The van der Waals surface area contributed by atoms with Crippen LogP contribution in [0, 0.1) is 0 Å². The summed E-state index contributed by atoms with van der Waals surface area (Å²) in [6.07, 6.45) is 7.57. The van der Waals surface area contributed by atoms with Crippen molar-refractivity contribution in [1.82, 2.24) is 25.1 Å². The average molecular weight is 635 g/mol. The zero-order valence-electron chi connectivity index (χ0n) is 26.7. The number of benzene rings is 3. The largest absolute Gasteiger partial charge is 0.508 e. The minimum absolute atomic E-state index is 0.0316. The maximum Gasteiger partial charge on any atom is 0.319 e. The number of hydrogen-bond donors (Lipinski definition) is 2. The Balaban J connectivity index is 1.07. The van der Waals surface area contributed by atoms with Gasteiger partial charge in [0.1, 0.15) is 18.2 Å². The maximum absolute atomic E-state index is 13.4. The summed E-state index contributed by atoms with van der Waals surface area (Å²) in [6.45, 7) is 5.61. The number of hydrogen-bond acceptors (Lipinski definition) is 8. The van der Waals surface area contributed by atoms with Crippen LogP contribution in [0.15, 0.2) is 54.6 Å². The van der Waals surface area contributed by atoms with Crippen LogP contribution in [0.4, 0.5) is 10.6 Å². The fourth-order valence-electron chi connectivity index (χ4n) is 9.06. The van der Waals surface area contributed by atoms with Gasteiger partial charge in [0.05, 0.1) is 35.8 Å². The van der Waals surface area contributed by atoms with Crippen LogP contribution < -0.4 is 15.0 Å². The van der Waals surface area contributed by atoms with E-state index in [1.54, 1.807) is 6.07 Å². The number of carbonyl (C=O) groups excluding carboxylic acids is 1. The summed E-state index contributed by atoms with van der Waals surface area (Å²) in [6, 6.07) is 18.9. The van der Waals surface area contributed by atoms with Crippen molar-refractivity contribution >= 4 is 33.5 Å². The molecule has 5 fully saturated rings. The molecule has 1 aromatic heterocycles. The lowest BCUT2D eigenvalue weighted by atomic mass is 9.95. The molecule has 10 nitrogen and oxygen atoms in total. The Morgan fingerprint density at radius 3 is 2.57 bits per heavy atom. The molecule has 9 rings (SSSR count). The number of piperazine rings is 1. The van der Waals surface area contributed by atoms with Gasteiger partial charge in [-0.3, -0.25) is 4.90 Å². The Bertz CT molecular complexity index is 1820. The maximum atomic E-state index is 13.4. The van der Waals surface area contributed by atoms with Crippen molar-refractivity contribution in [2.45, 2.75) is 68.6 Å². The summed E-state index contributed by atoms with van der Waals surface area (Å²) in [5.41, 5.74) is 2.84. The molecule has 47 heavy (non-hydrogen) atoms. The second kappa shape index (κ2) is 11.5. The Labute approximate surface area is 274 Å². The summed E-state index contributed by atoms with van der Waals surface area (Å²) in [4.78, 5) is 30.5. The number of amides is 2. The first-order valence-corrected chi connectivity index (χ1v) is 17.4. The van der Waals surface area contributed by atoms with Gasteiger partial charge in [0, 0.05) is 25.1 Å². The van der Waals surface area contributed by atoms with Crippen LogP contribution in [0.3, 0.4) is 0 Å². The number of carbonyl (C=O) groups is 1. The fraction of sp³-hybridized carbons (Fsp3) is 0.486. The first kappa shape index (κ1) is 29.0. The Morgan fingerprint density at radius 2 is 1.79 bits per heavy atom. The van der Waals surface area contributed by atoms with Gasteiger partial charge in [0.25, 0.3) is 0 Å². The Morgan fingerprint density at radius 1 is 0.979 bits per heavy atom. The highest BCUT2D eigenvalue weighted by molar-refractivity contribution is 6.01. The molecule has 2 amide bonds. The molecule has 3 atom stereocenters. The second-order valence-corrected chi connectivity index (χ2v) is 14.2. The number of aromatic nitrogens is 2. The van der Waals surface area contributed by atoms with Crippen molar-refractivity contribution in [3.63, 3.8) is 0 Å². The molecule has 5 aliphatic rings. The molecule has 1 unspecified atom stereocenters. The third-order valence-corrected chi connectivity index (χ3v) is 11.4. The van der Waals surface area contributed by atoms with Gasteiger partial charge in [-0.05, 0) is 104 Å². The number of anilines is 1. The van der Waals surface area contributed by atoms with E-state index in [0.29, 0.717) is 38.9 Å². The SMILES string of the molecule is O=C(NC1CCOC1)N1[C@@H]2CC[C@H]1CN(c1nc(OCC34CCCN3CCC4)nc3cc(-c4cc(O)cc5ccccc45)ccc13)C2. The number of aromatic hydroxyl groups is 1. The molecule has 4 aromatic rings. The van der Waals surface area contributed by atoms with Crippen molar-refractivity contribution in [2.75, 3.05) is 50.9 Å². The summed E-state index contributed by atoms with van der Waals surface area (Å²) in [7, 11) is 0. The van der Waals surface area contributed by atoms with Gasteiger partial charge in [-0.15, -0.1) is 0 Å². The lowest BCUT2D eigenvalue weighted by Gasteiger charge is -2.42. The Hall–Kier alpha value is -4.15. The molecule has 5 aliphatic heterocycles. The van der Waals surface area contributed by atoms with E-state index in [-0.39, 0.29) is 35.4 Å². The minimum Gasteiger partial charge on any atom is -0.508 e. The van der Waals surface area contributed by atoms with E-state index in [9.17, 15) is 9.90 Å². The van der Waals surface area contributed by atoms with Crippen LogP contribution in [-0.4, -0.2) is 101 Å². The standard InChI is InChI=1S/C37H42N6O4/c44-29-17-24-5-1-2-6-30(24)32(19-29)25-7-10-31-33(18-25)39-35(47-23-37-12-3-14-42(37)15-4-13-37)40-34(31)41-20-27-8-9-28(21-41)43(27)36(45)38-26-11-16-46-22-26/h1-2,5-7,10,17-19,26-28,44H,3-4,8-9,11-16,20-23H2,(H,38,45)/t26?,27-,28+. The van der Waals surface area contributed by atoms with Gasteiger partial charge in [-0.2, -0.15) is 9.97 Å². The number of fused-ring (bicyclic) bond motifs is 5. The van der Waals surface area contributed by atoms with Crippen molar-refractivity contribution in [1.29, 1.82) is 0 Å². The van der Waals surface area contributed by atoms with Crippen molar-refractivity contribution in [3.8, 4) is 22.9 Å². The smallest absolute Gasteiger partial charge is 0.319 e. The normalized spacial score (nSPS) is 25.1. The molecular formula is C37H42N6O4. The topological polar surface area (TPSA) is 103 Å². The van der Waals surface area contributed by atoms with E-state index in [0.717, 1.165) is 83.8 Å². The van der Waals surface area contributed by atoms with E-state index in [1.165, 1.54) is 12.8 Å². The van der Waals surface area contributed by atoms with Gasteiger partial charge >= 0.3 is 12.0 Å². The minimum atomic E-state index is 0.0316. The second-order valence-electron chi connectivity index (χ2n) is 14.2. The van der Waals surface area contributed by atoms with Gasteiger partial charge in [0.2, 0.25) is 0 Å². The molecular weight excluding hydrogens is 592 g/mol. The number of nitrogens with zero attached hydrogens (tertiary/aromatic N) is 5. The fourth-order valence-corrected chi connectivity index (χ4v) is 9.06.